The molecule has 3 aromatic rings. The molecule has 134 valence electrons. The minimum absolute atomic E-state index is 0.119. The van der Waals surface area contributed by atoms with Gasteiger partial charge in [0.05, 0.1) is 18.7 Å². The minimum Gasteiger partial charge on any atom is -0.392 e. The molecule has 0 bridgehead atoms. The fourth-order valence-corrected chi connectivity index (χ4v) is 4.31. The van der Waals surface area contributed by atoms with Crippen molar-refractivity contribution in [2.24, 2.45) is 4.99 Å². The van der Waals surface area contributed by atoms with Crippen molar-refractivity contribution in [3.05, 3.63) is 54.6 Å². The van der Waals surface area contributed by atoms with Gasteiger partial charge in [-0.15, -0.1) is 0 Å². The third kappa shape index (κ3) is 3.34. The number of amidine groups is 1. The van der Waals surface area contributed by atoms with Crippen molar-refractivity contribution in [3.8, 4) is 11.4 Å². The molecule has 5 nitrogen and oxygen atoms in total. The van der Waals surface area contributed by atoms with Gasteiger partial charge in [0.2, 0.25) is 0 Å². The molecule has 0 fully saturated rings. The number of para-hydroxylation sites is 2. The van der Waals surface area contributed by atoms with E-state index in [1.165, 1.54) is 11.1 Å². The monoisotopic (exact) mass is 367 g/mol. The molecule has 1 aromatic heterocycles. The Hall–Kier alpha value is -2.31. The quantitative estimate of drug-likeness (QED) is 0.657. The molecule has 2 aromatic carbocycles. The van der Waals surface area contributed by atoms with Crippen LogP contribution in [0.1, 0.15) is 0 Å². The summed E-state index contributed by atoms with van der Waals surface area (Å²) in [6.07, 6.45) is 0. The predicted molar refractivity (Wildman–Crippen MR) is 107 cm³/mol. The number of hydrogen-bond donors (Lipinski definition) is 2. The van der Waals surface area contributed by atoms with Crippen LogP contribution in [0.3, 0.4) is 0 Å². The van der Waals surface area contributed by atoms with E-state index in [0.29, 0.717) is 6.54 Å². The summed E-state index contributed by atoms with van der Waals surface area (Å²) >= 11 is 1.77. The molecule has 0 saturated heterocycles. The zero-order valence-corrected chi connectivity index (χ0v) is 15.5. The summed E-state index contributed by atoms with van der Waals surface area (Å²) in [5, 5.41) is 14.0. The topological polar surface area (TPSA) is 53.4 Å². The lowest BCUT2D eigenvalue weighted by molar-refractivity contribution is -0.662. The van der Waals surface area contributed by atoms with E-state index in [2.05, 4.69) is 68.0 Å². The van der Waals surface area contributed by atoms with Crippen LogP contribution >= 0.6 is 11.8 Å². The number of rotatable bonds is 6. The fourth-order valence-electron chi connectivity index (χ4n) is 3.45. The SMILES string of the molecule is OCC[n+]1c(-c2ccccc2)n(CCSC2=NCCN2)c2ccccc21. The number of aryl methyl sites for hydroxylation is 1. The van der Waals surface area contributed by atoms with Crippen molar-refractivity contribution in [2.45, 2.75) is 13.1 Å². The molecule has 6 heteroatoms. The molecule has 1 aliphatic heterocycles. The summed E-state index contributed by atoms with van der Waals surface area (Å²) in [6, 6.07) is 18.8. The van der Waals surface area contributed by atoms with E-state index in [1.54, 1.807) is 11.8 Å². The van der Waals surface area contributed by atoms with Crippen LogP contribution in [0.2, 0.25) is 0 Å². The Bertz CT molecular complexity index is 920. The zero-order chi connectivity index (χ0) is 17.8. The molecule has 0 radical (unpaired) electrons. The molecular weight excluding hydrogens is 344 g/mol. The summed E-state index contributed by atoms with van der Waals surface area (Å²) in [5.74, 6) is 2.09. The molecular formula is C20H23N4OS+. The summed E-state index contributed by atoms with van der Waals surface area (Å²) in [5.41, 5.74) is 3.52. The molecule has 2 N–H and O–H groups in total. The van der Waals surface area contributed by atoms with E-state index >= 15 is 0 Å². The van der Waals surface area contributed by atoms with Gasteiger partial charge in [-0.25, -0.2) is 9.13 Å². The number of nitrogens with zero attached hydrogens (tertiary/aromatic N) is 3. The molecule has 2 heterocycles. The molecule has 1 aliphatic rings. The maximum Gasteiger partial charge on any atom is 0.289 e. The van der Waals surface area contributed by atoms with Crippen LogP contribution in [0, 0.1) is 0 Å². The summed E-state index contributed by atoms with van der Waals surface area (Å²) < 4.78 is 4.59. The first-order valence-electron chi connectivity index (χ1n) is 8.97. The number of aliphatic imine (C=N–C) groups is 1. The molecule has 0 atom stereocenters. The third-order valence-electron chi connectivity index (χ3n) is 4.53. The lowest BCUT2D eigenvalue weighted by Gasteiger charge is -2.06. The van der Waals surface area contributed by atoms with Crippen LogP contribution in [0.25, 0.3) is 22.4 Å². The van der Waals surface area contributed by atoms with Crippen molar-refractivity contribution in [1.29, 1.82) is 0 Å². The highest BCUT2D eigenvalue weighted by atomic mass is 32.2. The predicted octanol–water partition coefficient (Wildman–Crippen LogP) is 2.28. The Morgan fingerprint density at radius 2 is 1.92 bits per heavy atom. The molecule has 4 rings (SSSR count). The molecule has 0 saturated carbocycles. The first-order valence-corrected chi connectivity index (χ1v) is 9.95. The zero-order valence-electron chi connectivity index (χ0n) is 14.6. The van der Waals surface area contributed by atoms with E-state index < -0.39 is 0 Å². The van der Waals surface area contributed by atoms with Crippen LogP contribution in [-0.2, 0) is 13.1 Å². The molecule has 0 amide bonds. The van der Waals surface area contributed by atoms with E-state index in [0.717, 1.165) is 41.9 Å². The number of aliphatic hydroxyl groups excluding tert-OH is 1. The Balaban J connectivity index is 1.75. The summed E-state index contributed by atoms with van der Waals surface area (Å²) in [7, 11) is 0. The Morgan fingerprint density at radius 1 is 1.12 bits per heavy atom. The van der Waals surface area contributed by atoms with Crippen molar-refractivity contribution in [3.63, 3.8) is 0 Å². The highest BCUT2D eigenvalue weighted by molar-refractivity contribution is 8.13. The number of thioether (sulfide) groups is 1. The first-order chi connectivity index (χ1) is 12.9. The van der Waals surface area contributed by atoms with E-state index in [4.69, 9.17) is 0 Å². The standard InChI is InChI=1S/C20H23N4OS/c25-14-12-23-17-8-4-5-9-18(17)24(13-15-26-20-21-10-11-22-20)19(23)16-6-2-1-3-7-16/h1-9,25H,10-15H2,(H,21,22)/q+1. The second-order valence-corrected chi connectivity index (χ2v) is 7.25. The number of fused-ring (bicyclic) bond motifs is 1. The van der Waals surface area contributed by atoms with Crippen molar-refractivity contribution < 1.29 is 9.67 Å². The fraction of sp³-hybridized carbons (Fsp3) is 0.300. The largest absolute Gasteiger partial charge is 0.392 e. The minimum atomic E-state index is 0.119. The van der Waals surface area contributed by atoms with Crippen LogP contribution in [0.15, 0.2) is 59.6 Å². The number of aromatic nitrogens is 2. The van der Waals surface area contributed by atoms with Gasteiger partial charge in [-0.1, -0.05) is 42.1 Å². The molecule has 0 aliphatic carbocycles. The number of hydrogen-bond acceptors (Lipinski definition) is 4. The van der Waals surface area contributed by atoms with Crippen LogP contribution in [0.5, 0.6) is 0 Å². The van der Waals surface area contributed by atoms with Gasteiger partial charge >= 0.3 is 0 Å². The van der Waals surface area contributed by atoms with Gasteiger partial charge in [0, 0.05) is 12.3 Å². The average molecular weight is 367 g/mol. The maximum absolute atomic E-state index is 9.62. The van der Waals surface area contributed by atoms with Crippen LogP contribution < -0.4 is 9.88 Å². The number of imidazole rings is 1. The van der Waals surface area contributed by atoms with Gasteiger partial charge in [-0.05, 0) is 24.3 Å². The molecule has 0 spiro atoms. The van der Waals surface area contributed by atoms with Crippen molar-refractivity contribution >= 4 is 28.0 Å². The Kier molecular flexibility index (Phi) is 5.22. The molecule has 0 unspecified atom stereocenters. The van der Waals surface area contributed by atoms with Crippen LogP contribution in [-0.4, -0.2) is 40.3 Å². The first kappa shape index (κ1) is 17.1. The van der Waals surface area contributed by atoms with Crippen molar-refractivity contribution in [2.75, 3.05) is 25.4 Å². The highest BCUT2D eigenvalue weighted by Gasteiger charge is 2.25. The smallest absolute Gasteiger partial charge is 0.289 e. The van der Waals surface area contributed by atoms with E-state index in [9.17, 15) is 5.11 Å². The number of aliphatic hydroxyl groups is 1. The van der Waals surface area contributed by atoms with E-state index in [-0.39, 0.29) is 6.61 Å². The summed E-state index contributed by atoms with van der Waals surface area (Å²) in [6.45, 7) is 3.41. The second kappa shape index (κ2) is 7.93. The Morgan fingerprint density at radius 3 is 2.69 bits per heavy atom. The van der Waals surface area contributed by atoms with Gasteiger partial charge < -0.3 is 10.4 Å². The lowest BCUT2D eigenvalue weighted by Crippen LogP contribution is -2.37. The number of nitrogens with one attached hydrogen (secondary N) is 1. The number of benzene rings is 2. The third-order valence-corrected chi connectivity index (χ3v) is 5.46. The van der Waals surface area contributed by atoms with Gasteiger partial charge in [0.1, 0.15) is 13.1 Å². The maximum atomic E-state index is 9.62. The average Bonchev–Trinajstić information content (AvgIpc) is 3.30. The normalized spacial score (nSPS) is 13.8. The highest BCUT2D eigenvalue weighted by Crippen LogP contribution is 2.24. The molecule has 26 heavy (non-hydrogen) atoms. The lowest BCUT2D eigenvalue weighted by atomic mass is 10.2. The van der Waals surface area contributed by atoms with Gasteiger partial charge in [0.15, 0.2) is 16.2 Å². The van der Waals surface area contributed by atoms with E-state index in [1.807, 2.05) is 6.07 Å². The second-order valence-electron chi connectivity index (χ2n) is 6.17. The Labute approximate surface area is 157 Å². The van der Waals surface area contributed by atoms with Crippen LogP contribution in [0.4, 0.5) is 0 Å². The van der Waals surface area contributed by atoms with Crippen molar-refractivity contribution in [1.82, 2.24) is 9.88 Å². The van der Waals surface area contributed by atoms with Gasteiger partial charge in [0.25, 0.3) is 5.82 Å². The van der Waals surface area contributed by atoms with Gasteiger partial charge in [-0.2, -0.15) is 0 Å². The van der Waals surface area contributed by atoms with Gasteiger partial charge in [-0.3, -0.25) is 4.99 Å². The summed E-state index contributed by atoms with van der Waals surface area (Å²) in [4.78, 5) is 4.47.